The highest BCUT2D eigenvalue weighted by Crippen LogP contribution is 2.30. The first-order valence-electron chi connectivity index (χ1n) is 4.49. The number of aryl methyl sites for hydroxylation is 2. The number of hydrogen-bond acceptors (Lipinski definition) is 3. The van der Waals surface area contributed by atoms with Crippen LogP contribution in [-0.4, -0.2) is 14.8 Å². The van der Waals surface area contributed by atoms with Gasteiger partial charge in [-0.25, -0.2) is 4.98 Å². The normalized spacial score (nSPS) is 10.6. The number of nitrogens with two attached hydrogens (primary N) is 1. The Bertz CT molecular complexity index is 485. The predicted octanol–water partition coefficient (Wildman–Crippen LogP) is 2.14. The van der Waals surface area contributed by atoms with Gasteiger partial charge in [0.2, 0.25) is 0 Å². The molecule has 2 aromatic rings. The van der Waals surface area contributed by atoms with Crippen LogP contribution in [-0.2, 0) is 7.05 Å². The van der Waals surface area contributed by atoms with E-state index in [2.05, 4.69) is 26.0 Å². The van der Waals surface area contributed by atoms with Gasteiger partial charge in [-0.3, -0.25) is 4.68 Å². The number of hydrogen-bond donors (Lipinski definition) is 1. The Kier molecular flexibility index (Phi) is 2.48. The molecule has 0 aliphatic rings. The SMILES string of the molecule is Cc1cnc(N)c(-c2c(Br)cnn2C)c1. The molecular weight excluding hydrogens is 256 g/mol. The van der Waals surface area contributed by atoms with E-state index in [1.165, 1.54) is 0 Å². The van der Waals surface area contributed by atoms with Crippen molar-refractivity contribution in [3.63, 3.8) is 0 Å². The molecule has 0 fully saturated rings. The number of aromatic nitrogens is 3. The summed E-state index contributed by atoms with van der Waals surface area (Å²) in [6, 6.07) is 2.00. The molecule has 2 aromatic heterocycles. The van der Waals surface area contributed by atoms with Gasteiger partial charge >= 0.3 is 0 Å². The summed E-state index contributed by atoms with van der Waals surface area (Å²) in [5, 5.41) is 4.15. The topological polar surface area (TPSA) is 56.7 Å². The number of anilines is 1. The lowest BCUT2D eigenvalue weighted by Crippen LogP contribution is -2.00. The fourth-order valence-electron chi connectivity index (χ4n) is 1.48. The van der Waals surface area contributed by atoms with Gasteiger partial charge in [0.15, 0.2) is 0 Å². The van der Waals surface area contributed by atoms with Gasteiger partial charge in [-0.2, -0.15) is 5.10 Å². The lowest BCUT2D eigenvalue weighted by Gasteiger charge is -2.07. The van der Waals surface area contributed by atoms with Crippen LogP contribution in [0.4, 0.5) is 5.82 Å². The molecule has 5 heteroatoms. The van der Waals surface area contributed by atoms with Gasteiger partial charge in [0.25, 0.3) is 0 Å². The number of nitrogen functional groups attached to an aromatic ring is 1. The lowest BCUT2D eigenvalue weighted by atomic mass is 10.1. The molecule has 0 spiro atoms. The minimum absolute atomic E-state index is 0.518. The van der Waals surface area contributed by atoms with Gasteiger partial charge < -0.3 is 5.73 Å². The fourth-order valence-corrected chi connectivity index (χ4v) is 2.04. The summed E-state index contributed by atoms with van der Waals surface area (Å²) in [6.07, 6.45) is 3.50. The smallest absolute Gasteiger partial charge is 0.132 e. The van der Waals surface area contributed by atoms with Gasteiger partial charge in [0.1, 0.15) is 5.82 Å². The second-order valence-electron chi connectivity index (χ2n) is 3.41. The second-order valence-corrected chi connectivity index (χ2v) is 4.26. The quantitative estimate of drug-likeness (QED) is 0.861. The maximum absolute atomic E-state index is 5.85. The third-order valence-corrected chi connectivity index (χ3v) is 2.78. The van der Waals surface area contributed by atoms with Crippen LogP contribution in [0.5, 0.6) is 0 Å². The highest BCUT2D eigenvalue weighted by atomic mass is 79.9. The summed E-state index contributed by atoms with van der Waals surface area (Å²) < 4.78 is 2.70. The van der Waals surface area contributed by atoms with E-state index in [0.717, 1.165) is 21.3 Å². The highest BCUT2D eigenvalue weighted by Gasteiger charge is 2.12. The molecule has 0 amide bonds. The van der Waals surface area contributed by atoms with Crippen molar-refractivity contribution in [1.29, 1.82) is 0 Å². The molecule has 0 unspecified atom stereocenters. The summed E-state index contributed by atoms with van der Waals surface area (Å²) in [5.74, 6) is 0.518. The molecule has 0 saturated heterocycles. The Labute approximate surface area is 96.3 Å². The molecule has 0 aromatic carbocycles. The molecule has 2 N–H and O–H groups in total. The van der Waals surface area contributed by atoms with Gasteiger partial charge in [-0.15, -0.1) is 0 Å². The van der Waals surface area contributed by atoms with Crippen LogP contribution in [0.25, 0.3) is 11.3 Å². The molecule has 0 radical (unpaired) electrons. The summed E-state index contributed by atoms with van der Waals surface area (Å²) in [4.78, 5) is 4.13. The van der Waals surface area contributed by atoms with E-state index in [-0.39, 0.29) is 0 Å². The van der Waals surface area contributed by atoms with Gasteiger partial charge in [-0.05, 0) is 34.5 Å². The molecule has 0 atom stereocenters. The second kappa shape index (κ2) is 3.66. The minimum Gasteiger partial charge on any atom is -0.383 e. The molecule has 0 bridgehead atoms. The zero-order valence-electron chi connectivity index (χ0n) is 8.53. The van der Waals surface area contributed by atoms with Gasteiger partial charge in [0.05, 0.1) is 16.4 Å². The first-order valence-corrected chi connectivity index (χ1v) is 5.29. The zero-order chi connectivity index (χ0) is 11.0. The Morgan fingerprint density at radius 1 is 1.40 bits per heavy atom. The van der Waals surface area contributed by atoms with E-state index in [4.69, 9.17) is 5.73 Å². The summed E-state index contributed by atoms with van der Waals surface area (Å²) in [6.45, 7) is 1.99. The van der Waals surface area contributed by atoms with Gasteiger partial charge in [-0.1, -0.05) is 0 Å². The van der Waals surface area contributed by atoms with Crippen molar-refractivity contribution in [3.05, 3.63) is 28.5 Å². The van der Waals surface area contributed by atoms with E-state index in [9.17, 15) is 0 Å². The third-order valence-electron chi connectivity index (χ3n) is 2.20. The molecule has 2 heterocycles. The standard InChI is InChI=1S/C10H11BrN4/c1-6-3-7(10(12)13-4-6)9-8(11)5-14-15(9)2/h3-5H,1-2H3,(H2,12,13). The Balaban J connectivity index is 2.68. The molecule has 4 nitrogen and oxygen atoms in total. The van der Waals surface area contributed by atoms with Crippen LogP contribution < -0.4 is 5.73 Å². The number of rotatable bonds is 1. The van der Waals surface area contributed by atoms with Crippen molar-refractivity contribution < 1.29 is 0 Å². The largest absolute Gasteiger partial charge is 0.383 e. The Morgan fingerprint density at radius 3 is 2.73 bits per heavy atom. The van der Waals surface area contributed by atoms with Crippen LogP contribution in [0.1, 0.15) is 5.56 Å². The van der Waals surface area contributed by atoms with Crippen LogP contribution in [0, 0.1) is 6.92 Å². The molecule has 0 aliphatic heterocycles. The fraction of sp³-hybridized carbons (Fsp3) is 0.200. The van der Waals surface area contributed by atoms with Crippen LogP contribution >= 0.6 is 15.9 Å². The molecule has 0 aliphatic carbocycles. The summed E-state index contributed by atoms with van der Waals surface area (Å²) in [7, 11) is 1.88. The van der Waals surface area contributed by atoms with E-state index in [0.29, 0.717) is 5.82 Å². The van der Waals surface area contributed by atoms with Crippen molar-refractivity contribution in [2.24, 2.45) is 7.05 Å². The van der Waals surface area contributed by atoms with E-state index < -0.39 is 0 Å². The maximum atomic E-state index is 5.85. The number of nitrogens with zero attached hydrogens (tertiary/aromatic N) is 3. The minimum atomic E-state index is 0.518. The van der Waals surface area contributed by atoms with Crippen molar-refractivity contribution >= 4 is 21.7 Å². The predicted molar refractivity (Wildman–Crippen MR) is 63.3 cm³/mol. The third kappa shape index (κ3) is 1.74. The average Bonchev–Trinajstić information content (AvgIpc) is 2.51. The highest BCUT2D eigenvalue weighted by molar-refractivity contribution is 9.10. The first kappa shape index (κ1) is 10.2. The molecule has 78 valence electrons. The molecule has 15 heavy (non-hydrogen) atoms. The monoisotopic (exact) mass is 266 g/mol. The molecular formula is C10H11BrN4. The lowest BCUT2D eigenvalue weighted by molar-refractivity contribution is 0.775. The van der Waals surface area contributed by atoms with Crippen molar-refractivity contribution in [2.45, 2.75) is 6.92 Å². The van der Waals surface area contributed by atoms with Gasteiger partial charge in [0, 0.05) is 18.8 Å². The Morgan fingerprint density at radius 2 is 2.13 bits per heavy atom. The van der Waals surface area contributed by atoms with E-state index >= 15 is 0 Å². The average molecular weight is 267 g/mol. The summed E-state index contributed by atoms with van der Waals surface area (Å²) >= 11 is 3.45. The maximum Gasteiger partial charge on any atom is 0.132 e. The molecule has 0 saturated carbocycles. The van der Waals surface area contributed by atoms with Crippen LogP contribution in [0.2, 0.25) is 0 Å². The molecule has 2 rings (SSSR count). The first-order chi connectivity index (χ1) is 7.09. The van der Waals surface area contributed by atoms with Crippen LogP contribution in [0.3, 0.4) is 0 Å². The van der Waals surface area contributed by atoms with E-state index in [1.807, 2.05) is 20.0 Å². The summed E-state index contributed by atoms with van der Waals surface area (Å²) in [5.41, 5.74) is 8.77. The van der Waals surface area contributed by atoms with Crippen molar-refractivity contribution in [1.82, 2.24) is 14.8 Å². The zero-order valence-corrected chi connectivity index (χ0v) is 10.1. The Hall–Kier alpha value is -1.36. The van der Waals surface area contributed by atoms with Crippen molar-refractivity contribution in [2.75, 3.05) is 5.73 Å². The van der Waals surface area contributed by atoms with Crippen molar-refractivity contribution in [3.8, 4) is 11.3 Å². The number of pyridine rings is 1. The van der Waals surface area contributed by atoms with Crippen LogP contribution in [0.15, 0.2) is 22.9 Å². The number of halogens is 1. The van der Waals surface area contributed by atoms with E-state index in [1.54, 1.807) is 17.1 Å².